The van der Waals surface area contributed by atoms with Crippen LogP contribution < -0.4 is 0 Å². The van der Waals surface area contributed by atoms with Crippen molar-refractivity contribution in [3.8, 4) is 0 Å². The van der Waals surface area contributed by atoms with E-state index in [0.29, 0.717) is 25.1 Å². The van der Waals surface area contributed by atoms with Crippen LogP contribution in [0.4, 0.5) is 0 Å². The summed E-state index contributed by atoms with van der Waals surface area (Å²) in [5.41, 5.74) is 1.16. The molecule has 0 fully saturated rings. The number of carboxylic acid groups (broad SMARTS) is 1. The molecular weight excluding hydrogens is 268 g/mol. The second kappa shape index (κ2) is 6.03. The largest absolute Gasteiger partial charge is 0.479 e. The van der Waals surface area contributed by atoms with Crippen molar-refractivity contribution in [2.24, 2.45) is 0 Å². The Bertz CT molecular complexity index is 615. The first kappa shape index (κ1) is 15.2. The topological polar surface area (TPSA) is 80.9 Å². The standard InChI is InChI=1S/C15H20N4O2/c1-4-15(5-2,14(20)21)19-13(16-17-18-19)10-12-8-6-11(3)7-9-12/h6-9H,4-5,10H2,1-3H3,(H,20,21). The first-order valence-corrected chi connectivity index (χ1v) is 7.10. The molecule has 1 aromatic heterocycles. The van der Waals surface area contributed by atoms with E-state index in [9.17, 15) is 9.90 Å². The normalized spacial score (nSPS) is 11.6. The van der Waals surface area contributed by atoms with Gasteiger partial charge in [-0.05, 0) is 35.8 Å². The Morgan fingerprint density at radius 2 is 1.86 bits per heavy atom. The molecule has 6 heteroatoms. The predicted octanol–water partition coefficient (Wildman–Crippen LogP) is 2.17. The summed E-state index contributed by atoms with van der Waals surface area (Å²) in [7, 11) is 0. The van der Waals surface area contributed by atoms with Gasteiger partial charge in [-0.25, -0.2) is 9.48 Å². The van der Waals surface area contributed by atoms with Crippen LogP contribution in [-0.4, -0.2) is 31.3 Å². The van der Waals surface area contributed by atoms with Crippen LogP contribution in [0.2, 0.25) is 0 Å². The molecule has 0 aliphatic carbocycles. The Balaban J connectivity index is 2.37. The Morgan fingerprint density at radius 1 is 1.24 bits per heavy atom. The first-order valence-electron chi connectivity index (χ1n) is 7.10. The highest BCUT2D eigenvalue weighted by atomic mass is 16.4. The van der Waals surface area contributed by atoms with Crippen LogP contribution in [0.1, 0.15) is 43.6 Å². The van der Waals surface area contributed by atoms with Crippen molar-refractivity contribution in [1.29, 1.82) is 0 Å². The van der Waals surface area contributed by atoms with Gasteiger partial charge in [-0.3, -0.25) is 0 Å². The fraction of sp³-hybridized carbons (Fsp3) is 0.467. The van der Waals surface area contributed by atoms with E-state index < -0.39 is 11.5 Å². The van der Waals surface area contributed by atoms with Crippen molar-refractivity contribution in [1.82, 2.24) is 20.2 Å². The molecule has 0 radical (unpaired) electrons. The van der Waals surface area contributed by atoms with E-state index in [1.54, 1.807) is 0 Å². The molecular formula is C15H20N4O2. The van der Waals surface area contributed by atoms with Crippen LogP contribution in [0.15, 0.2) is 24.3 Å². The lowest BCUT2D eigenvalue weighted by atomic mass is 9.93. The third-order valence-corrected chi connectivity index (χ3v) is 3.99. The fourth-order valence-electron chi connectivity index (χ4n) is 2.48. The minimum absolute atomic E-state index is 0.435. The Hall–Kier alpha value is -2.24. The second-order valence-electron chi connectivity index (χ2n) is 5.21. The molecule has 21 heavy (non-hydrogen) atoms. The van der Waals surface area contributed by atoms with Crippen molar-refractivity contribution in [2.75, 3.05) is 0 Å². The van der Waals surface area contributed by atoms with Crippen LogP contribution in [0, 0.1) is 6.92 Å². The molecule has 0 spiro atoms. The Labute approximate surface area is 123 Å². The number of carboxylic acids is 1. The summed E-state index contributed by atoms with van der Waals surface area (Å²) < 4.78 is 1.47. The molecule has 0 saturated carbocycles. The molecule has 112 valence electrons. The van der Waals surface area contributed by atoms with Gasteiger partial charge >= 0.3 is 5.97 Å². The lowest BCUT2D eigenvalue weighted by molar-refractivity contribution is -0.148. The third-order valence-electron chi connectivity index (χ3n) is 3.99. The van der Waals surface area contributed by atoms with Gasteiger partial charge in [-0.2, -0.15) is 0 Å². The molecule has 0 unspecified atom stereocenters. The van der Waals surface area contributed by atoms with Gasteiger partial charge in [0.15, 0.2) is 11.4 Å². The molecule has 0 aliphatic rings. The summed E-state index contributed by atoms with van der Waals surface area (Å²) in [6.07, 6.45) is 1.39. The maximum atomic E-state index is 11.7. The smallest absolute Gasteiger partial charge is 0.331 e. The number of tetrazole rings is 1. The zero-order valence-corrected chi connectivity index (χ0v) is 12.6. The molecule has 0 atom stereocenters. The number of aryl methyl sites for hydroxylation is 1. The number of aliphatic carboxylic acids is 1. The number of benzene rings is 1. The SMILES string of the molecule is CCC(CC)(C(=O)O)n1nnnc1Cc1ccc(C)cc1. The summed E-state index contributed by atoms with van der Waals surface area (Å²) >= 11 is 0. The molecule has 0 bridgehead atoms. The van der Waals surface area contributed by atoms with Gasteiger partial charge in [0.05, 0.1) is 0 Å². The quantitative estimate of drug-likeness (QED) is 0.881. The average Bonchev–Trinajstić information content (AvgIpc) is 2.92. The lowest BCUT2D eigenvalue weighted by Gasteiger charge is -2.27. The molecule has 1 N–H and O–H groups in total. The predicted molar refractivity (Wildman–Crippen MR) is 78.0 cm³/mol. The summed E-state index contributed by atoms with van der Waals surface area (Å²) in [6, 6.07) is 8.06. The zero-order valence-electron chi connectivity index (χ0n) is 12.6. The molecule has 0 saturated heterocycles. The highest BCUT2D eigenvalue weighted by Gasteiger charge is 2.40. The van der Waals surface area contributed by atoms with E-state index in [0.717, 1.165) is 5.56 Å². The van der Waals surface area contributed by atoms with Gasteiger partial charge in [-0.1, -0.05) is 43.7 Å². The molecule has 2 aromatic rings. The molecule has 1 aromatic carbocycles. The molecule has 2 rings (SSSR count). The van der Waals surface area contributed by atoms with Crippen molar-refractivity contribution in [2.45, 2.75) is 45.6 Å². The van der Waals surface area contributed by atoms with Crippen molar-refractivity contribution >= 4 is 5.97 Å². The van der Waals surface area contributed by atoms with E-state index in [-0.39, 0.29) is 0 Å². The Morgan fingerprint density at radius 3 is 2.38 bits per heavy atom. The van der Waals surface area contributed by atoms with E-state index in [1.807, 2.05) is 45.0 Å². The maximum absolute atomic E-state index is 11.7. The van der Waals surface area contributed by atoms with Crippen LogP contribution in [0.25, 0.3) is 0 Å². The van der Waals surface area contributed by atoms with Gasteiger partial charge < -0.3 is 5.11 Å². The number of hydrogen-bond acceptors (Lipinski definition) is 4. The van der Waals surface area contributed by atoms with Crippen molar-refractivity contribution < 1.29 is 9.90 Å². The molecule has 0 amide bonds. The van der Waals surface area contributed by atoms with Gasteiger partial charge in [-0.15, -0.1) is 5.10 Å². The summed E-state index contributed by atoms with van der Waals surface area (Å²) in [5.74, 6) is -0.324. The Kier molecular flexibility index (Phi) is 4.35. The van der Waals surface area contributed by atoms with E-state index in [2.05, 4.69) is 15.5 Å². The van der Waals surface area contributed by atoms with Crippen molar-refractivity contribution in [3.05, 3.63) is 41.2 Å². The number of rotatable bonds is 6. The summed E-state index contributed by atoms with van der Waals surface area (Å²) in [5, 5.41) is 21.2. The molecule has 0 aliphatic heterocycles. The van der Waals surface area contributed by atoms with E-state index in [1.165, 1.54) is 10.2 Å². The highest BCUT2D eigenvalue weighted by Crippen LogP contribution is 2.26. The highest BCUT2D eigenvalue weighted by molar-refractivity contribution is 5.76. The van der Waals surface area contributed by atoms with Gasteiger partial charge in [0, 0.05) is 6.42 Å². The van der Waals surface area contributed by atoms with E-state index >= 15 is 0 Å². The van der Waals surface area contributed by atoms with Gasteiger partial charge in [0.25, 0.3) is 0 Å². The first-order chi connectivity index (χ1) is 10.0. The lowest BCUT2D eigenvalue weighted by Crippen LogP contribution is -2.42. The van der Waals surface area contributed by atoms with Gasteiger partial charge in [0.2, 0.25) is 0 Å². The molecule has 1 heterocycles. The van der Waals surface area contributed by atoms with Crippen LogP contribution in [0.3, 0.4) is 0 Å². The monoisotopic (exact) mass is 288 g/mol. The molecule has 6 nitrogen and oxygen atoms in total. The van der Waals surface area contributed by atoms with E-state index in [4.69, 9.17) is 0 Å². The number of nitrogens with zero attached hydrogens (tertiary/aromatic N) is 4. The summed E-state index contributed by atoms with van der Waals surface area (Å²) in [6.45, 7) is 5.71. The van der Waals surface area contributed by atoms with Gasteiger partial charge in [0.1, 0.15) is 0 Å². The van der Waals surface area contributed by atoms with Crippen molar-refractivity contribution in [3.63, 3.8) is 0 Å². The zero-order chi connectivity index (χ0) is 15.5. The average molecular weight is 288 g/mol. The number of carbonyl (C=O) groups is 1. The van der Waals surface area contributed by atoms with Crippen LogP contribution in [0.5, 0.6) is 0 Å². The van der Waals surface area contributed by atoms with Crippen LogP contribution >= 0.6 is 0 Å². The maximum Gasteiger partial charge on any atom is 0.331 e. The number of aromatic nitrogens is 4. The fourth-order valence-corrected chi connectivity index (χ4v) is 2.48. The van der Waals surface area contributed by atoms with Crippen LogP contribution in [-0.2, 0) is 16.8 Å². The summed E-state index contributed by atoms with van der Waals surface area (Å²) in [4.78, 5) is 11.7. The second-order valence-corrected chi connectivity index (χ2v) is 5.21. The third kappa shape index (κ3) is 2.79. The number of hydrogen-bond donors (Lipinski definition) is 1. The minimum Gasteiger partial charge on any atom is -0.479 e. The minimum atomic E-state index is -1.08.